The third-order valence-electron chi connectivity index (χ3n) is 11.9. The predicted octanol–water partition coefficient (Wildman–Crippen LogP) is 6.31. The standard InChI is InChI=1S/C41H73N3O6/c1-12-44-25-29(2)23-41(7,47-11)38(50-39-37(45)36(42(8)9)20-31(4)49-39)30(3)24-40(5,6)28-48-27-34(44)21-32-16-18-43(19-17-32)26-33-14-13-15-35(22-33)46-10/h13-15,22,29-32,34,36-39,45H,12,16-21,23-28H2,1-11H3/t29-,30-,31-,34-,36+,37-,38-,39+,41-/m1/s1. The fourth-order valence-electron chi connectivity index (χ4n) is 9.31. The van der Waals surface area contributed by atoms with E-state index >= 15 is 0 Å². The molecule has 4 rings (SSSR count). The van der Waals surface area contributed by atoms with Crippen molar-refractivity contribution in [1.82, 2.24) is 14.7 Å². The smallest absolute Gasteiger partial charge is 0.185 e. The Bertz CT molecular complexity index is 1150. The molecule has 0 unspecified atom stereocenters. The SMILES string of the molecule is CCN1C[C@H](C)C[C@@](C)(OC)[C@H](O[C@@H]2O[C@H](C)C[C@H](N(C)C)[C@H]2O)[C@H](C)CC(C)(C)COC[C@H]1CC1CCN(Cc2cccc(OC)c2)CC1. The summed E-state index contributed by atoms with van der Waals surface area (Å²) in [6.45, 7) is 22.5. The molecule has 3 fully saturated rings. The molecule has 3 aliphatic heterocycles. The molecule has 9 nitrogen and oxygen atoms in total. The molecule has 9 atom stereocenters. The van der Waals surface area contributed by atoms with Crippen LogP contribution in [-0.4, -0.2) is 130 Å². The third kappa shape index (κ3) is 11.3. The van der Waals surface area contributed by atoms with E-state index in [2.05, 4.69) is 81.4 Å². The highest BCUT2D eigenvalue weighted by Gasteiger charge is 2.47. The van der Waals surface area contributed by atoms with Gasteiger partial charge >= 0.3 is 0 Å². The summed E-state index contributed by atoms with van der Waals surface area (Å²) in [4.78, 5) is 7.36. The molecule has 1 N–H and O–H groups in total. The molecule has 0 aliphatic carbocycles. The first-order chi connectivity index (χ1) is 23.7. The molecule has 50 heavy (non-hydrogen) atoms. The minimum Gasteiger partial charge on any atom is -0.497 e. The highest BCUT2D eigenvalue weighted by atomic mass is 16.7. The summed E-state index contributed by atoms with van der Waals surface area (Å²) in [5.41, 5.74) is 0.694. The molecule has 3 saturated heterocycles. The molecule has 288 valence electrons. The number of aliphatic hydroxyl groups is 1. The Morgan fingerprint density at radius 1 is 1.04 bits per heavy atom. The quantitative estimate of drug-likeness (QED) is 0.302. The average Bonchev–Trinajstić information content (AvgIpc) is 3.07. The predicted molar refractivity (Wildman–Crippen MR) is 202 cm³/mol. The summed E-state index contributed by atoms with van der Waals surface area (Å²) in [5, 5.41) is 11.4. The molecule has 0 aromatic heterocycles. The molecule has 3 heterocycles. The molecule has 0 bridgehead atoms. The lowest BCUT2D eigenvalue weighted by Crippen LogP contribution is -2.58. The first-order valence-electron chi connectivity index (χ1n) is 19.5. The van der Waals surface area contributed by atoms with E-state index in [1.807, 2.05) is 27.3 Å². The molecule has 9 heteroatoms. The number of benzene rings is 1. The number of rotatable bonds is 10. The Hall–Kier alpha value is -1.30. The fourth-order valence-corrected chi connectivity index (χ4v) is 9.31. The lowest BCUT2D eigenvalue weighted by molar-refractivity contribution is -0.298. The van der Waals surface area contributed by atoms with Crippen molar-refractivity contribution in [2.45, 2.75) is 136 Å². The second kappa shape index (κ2) is 18.6. The molecule has 0 amide bonds. The van der Waals surface area contributed by atoms with Crippen LogP contribution < -0.4 is 4.74 Å². The largest absolute Gasteiger partial charge is 0.497 e. The maximum atomic E-state index is 11.4. The van der Waals surface area contributed by atoms with Crippen molar-refractivity contribution in [2.24, 2.45) is 23.2 Å². The Morgan fingerprint density at radius 3 is 2.40 bits per heavy atom. The molecule has 0 radical (unpaired) electrons. The van der Waals surface area contributed by atoms with Gasteiger partial charge < -0.3 is 33.7 Å². The van der Waals surface area contributed by atoms with E-state index in [1.165, 1.54) is 24.8 Å². The van der Waals surface area contributed by atoms with Crippen molar-refractivity contribution in [3.63, 3.8) is 0 Å². The number of aliphatic hydroxyl groups excluding tert-OH is 1. The molecule has 0 spiro atoms. The van der Waals surface area contributed by atoms with Gasteiger partial charge in [-0.2, -0.15) is 0 Å². The second-order valence-corrected chi connectivity index (χ2v) is 17.4. The monoisotopic (exact) mass is 704 g/mol. The van der Waals surface area contributed by atoms with Gasteiger partial charge in [0.05, 0.1) is 38.1 Å². The van der Waals surface area contributed by atoms with E-state index in [0.717, 1.165) is 64.3 Å². The molecular formula is C41H73N3O6. The van der Waals surface area contributed by atoms with Gasteiger partial charge in [0.1, 0.15) is 11.9 Å². The summed E-state index contributed by atoms with van der Waals surface area (Å²) in [6.07, 6.45) is 4.42. The summed E-state index contributed by atoms with van der Waals surface area (Å²) in [5.74, 6) is 2.14. The highest BCUT2D eigenvalue weighted by Crippen LogP contribution is 2.40. The summed E-state index contributed by atoms with van der Waals surface area (Å²) in [6, 6.07) is 8.83. The van der Waals surface area contributed by atoms with E-state index in [0.29, 0.717) is 24.5 Å². The van der Waals surface area contributed by atoms with E-state index in [-0.39, 0.29) is 29.6 Å². The maximum absolute atomic E-state index is 11.4. The molecule has 3 aliphatic rings. The number of hydrogen-bond acceptors (Lipinski definition) is 9. The van der Waals surface area contributed by atoms with E-state index < -0.39 is 18.0 Å². The minimum absolute atomic E-state index is 0.00585. The number of hydrogen-bond donors (Lipinski definition) is 1. The number of piperidine rings is 1. The third-order valence-corrected chi connectivity index (χ3v) is 11.9. The van der Waals surface area contributed by atoms with Crippen LogP contribution in [0.5, 0.6) is 5.75 Å². The summed E-state index contributed by atoms with van der Waals surface area (Å²) < 4.78 is 31.8. The Kier molecular flexibility index (Phi) is 15.5. The lowest BCUT2D eigenvalue weighted by Gasteiger charge is -2.47. The number of nitrogens with zero attached hydrogens (tertiary/aromatic N) is 3. The number of ether oxygens (including phenoxy) is 5. The zero-order valence-corrected chi connectivity index (χ0v) is 33.5. The minimum atomic E-state index is -0.738. The Labute approximate surface area is 305 Å². The van der Waals surface area contributed by atoms with Gasteiger partial charge in [-0.3, -0.25) is 9.80 Å². The van der Waals surface area contributed by atoms with Crippen molar-refractivity contribution in [2.75, 3.05) is 67.7 Å². The van der Waals surface area contributed by atoms with Crippen molar-refractivity contribution >= 4 is 0 Å². The van der Waals surface area contributed by atoms with Crippen LogP contribution in [0.3, 0.4) is 0 Å². The number of methoxy groups -OCH3 is 2. The molecule has 1 aromatic carbocycles. The lowest BCUT2D eigenvalue weighted by atomic mass is 9.75. The molecule has 1 aromatic rings. The van der Waals surface area contributed by atoms with Gasteiger partial charge in [0.15, 0.2) is 6.29 Å². The topological polar surface area (TPSA) is 76.1 Å². The molecular weight excluding hydrogens is 630 g/mol. The van der Waals surface area contributed by atoms with Gasteiger partial charge in [-0.15, -0.1) is 0 Å². The highest BCUT2D eigenvalue weighted by molar-refractivity contribution is 5.28. The van der Waals surface area contributed by atoms with Gasteiger partial charge in [0.2, 0.25) is 0 Å². The van der Waals surface area contributed by atoms with Crippen LogP contribution in [0.15, 0.2) is 24.3 Å². The second-order valence-electron chi connectivity index (χ2n) is 17.4. The first-order valence-corrected chi connectivity index (χ1v) is 19.5. The van der Waals surface area contributed by atoms with Crippen molar-refractivity contribution in [3.8, 4) is 5.75 Å². The maximum Gasteiger partial charge on any atom is 0.185 e. The van der Waals surface area contributed by atoms with Crippen LogP contribution in [0.25, 0.3) is 0 Å². The van der Waals surface area contributed by atoms with Gasteiger partial charge in [0.25, 0.3) is 0 Å². The Morgan fingerprint density at radius 2 is 1.76 bits per heavy atom. The first kappa shape index (κ1) is 41.5. The van der Waals surface area contributed by atoms with Crippen LogP contribution in [0.4, 0.5) is 0 Å². The van der Waals surface area contributed by atoms with Crippen LogP contribution in [0.2, 0.25) is 0 Å². The van der Waals surface area contributed by atoms with Crippen LogP contribution in [0.1, 0.15) is 92.6 Å². The van der Waals surface area contributed by atoms with Crippen molar-refractivity contribution < 1.29 is 28.8 Å². The van der Waals surface area contributed by atoms with Crippen LogP contribution >= 0.6 is 0 Å². The number of likely N-dealkylation sites (tertiary alicyclic amines) is 1. The van der Waals surface area contributed by atoms with E-state index in [9.17, 15) is 5.11 Å². The van der Waals surface area contributed by atoms with Crippen molar-refractivity contribution in [1.29, 1.82) is 0 Å². The van der Waals surface area contributed by atoms with Crippen LogP contribution in [-0.2, 0) is 25.5 Å². The Balaban J connectivity index is 1.47. The zero-order chi connectivity index (χ0) is 36.6. The fraction of sp³-hybridized carbons (Fsp3) is 0.854. The number of likely N-dealkylation sites (N-methyl/N-ethyl adjacent to an activating group) is 2. The van der Waals surface area contributed by atoms with Gasteiger partial charge in [-0.05, 0) is 127 Å². The van der Waals surface area contributed by atoms with Crippen LogP contribution in [0, 0.1) is 23.2 Å². The normalized spacial score (nSPS) is 36.0. The van der Waals surface area contributed by atoms with Gasteiger partial charge in [-0.25, -0.2) is 0 Å². The van der Waals surface area contributed by atoms with Crippen molar-refractivity contribution in [3.05, 3.63) is 29.8 Å². The van der Waals surface area contributed by atoms with E-state index in [1.54, 1.807) is 7.11 Å². The average molecular weight is 704 g/mol. The molecule has 0 saturated carbocycles. The van der Waals surface area contributed by atoms with E-state index in [4.69, 9.17) is 23.7 Å². The van der Waals surface area contributed by atoms with Gasteiger partial charge in [0, 0.05) is 32.3 Å². The summed E-state index contributed by atoms with van der Waals surface area (Å²) >= 11 is 0. The zero-order valence-electron chi connectivity index (χ0n) is 33.5. The summed E-state index contributed by atoms with van der Waals surface area (Å²) in [7, 11) is 7.61. The van der Waals surface area contributed by atoms with Gasteiger partial charge in [-0.1, -0.05) is 46.8 Å².